The Morgan fingerprint density at radius 3 is 2.37 bits per heavy atom. The molecule has 0 radical (unpaired) electrons. The Hall–Kier alpha value is -2.45. The van der Waals surface area contributed by atoms with Crippen LogP contribution >= 0.6 is 0 Å². The van der Waals surface area contributed by atoms with Gasteiger partial charge in [-0.3, -0.25) is 10.1 Å². The van der Waals surface area contributed by atoms with Gasteiger partial charge in [0.25, 0.3) is 5.69 Å². The van der Waals surface area contributed by atoms with E-state index in [0.717, 1.165) is 12.0 Å². The first-order valence-electron chi connectivity index (χ1n) is 10.3. The Morgan fingerprint density at radius 2 is 1.70 bits per heavy atom. The van der Waals surface area contributed by atoms with Crippen molar-refractivity contribution in [3.63, 3.8) is 0 Å². The number of anilines is 1. The van der Waals surface area contributed by atoms with E-state index in [1.165, 1.54) is 27.7 Å². The summed E-state index contributed by atoms with van der Waals surface area (Å²) in [6, 6.07) is 11.8. The van der Waals surface area contributed by atoms with Crippen LogP contribution in [0.15, 0.2) is 41.3 Å². The van der Waals surface area contributed by atoms with E-state index in [1.807, 2.05) is 6.07 Å². The molecule has 2 aliphatic rings. The quantitative estimate of drug-likeness (QED) is 0.545. The number of nitro benzene ring substituents is 1. The highest BCUT2D eigenvalue weighted by Gasteiger charge is 2.38. The van der Waals surface area contributed by atoms with Gasteiger partial charge >= 0.3 is 0 Å². The molecule has 0 aliphatic carbocycles. The van der Waals surface area contributed by atoms with E-state index in [4.69, 9.17) is 0 Å². The van der Waals surface area contributed by atoms with Gasteiger partial charge in [0.1, 0.15) is 0 Å². The predicted octanol–water partition coefficient (Wildman–Crippen LogP) is 3.82. The number of hydrogen-bond acceptors (Lipinski definition) is 5. The van der Waals surface area contributed by atoms with E-state index in [9.17, 15) is 18.5 Å². The second kappa shape index (κ2) is 7.67. The van der Waals surface area contributed by atoms with Crippen LogP contribution in [-0.2, 0) is 16.4 Å². The first kappa shape index (κ1) is 20.8. The van der Waals surface area contributed by atoms with Gasteiger partial charge in [-0.2, -0.15) is 4.31 Å². The molecule has 0 saturated carbocycles. The fourth-order valence-corrected chi connectivity index (χ4v) is 6.46. The lowest BCUT2D eigenvalue weighted by Gasteiger charge is -2.39. The third-order valence-electron chi connectivity index (χ3n) is 6.47. The molecule has 1 unspecified atom stereocenters. The van der Waals surface area contributed by atoms with Crippen molar-refractivity contribution < 1.29 is 13.3 Å². The minimum Gasteiger partial charge on any atom is -0.365 e. The number of hydrogen-bond donors (Lipinski definition) is 0. The molecule has 0 bridgehead atoms. The Kier molecular flexibility index (Phi) is 5.32. The summed E-state index contributed by atoms with van der Waals surface area (Å²) in [6.45, 7) is 6.46. The number of nitro groups is 1. The summed E-state index contributed by atoms with van der Waals surface area (Å²) in [5, 5.41) is 11.5. The second-order valence-electron chi connectivity index (χ2n) is 8.39. The zero-order chi connectivity index (χ0) is 21.6. The van der Waals surface area contributed by atoms with Crippen LogP contribution in [0.2, 0.25) is 0 Å². The molecule has 7 nitrogen and oxygen atoms in total. The zero-order valence-electron chi connectivity index (χ0n) is 17.5. The number of piperidine rings is 1. The number of rotatable bonds is 4. The number of benzene rings is 2. The summed E-state index contributed by atoms with van der Waals surface area (Å²) < 4.78 is 28.0. The lowest BCUT2D eigenvalue weighted by atomic mass is 10.0. The first-order valence-corrected chi connectivity index (χ1v) is 11.8. The average molecular weight is 430 g/mol. The highest BCUT2D eigenvalue weighted by molar-refractivity contribution is 7.89. The van der Waals surface area contributed by atoms with Crippen LogP contribution in [0.4, 0.5) is 11.4 Å². The molecular formula is C22H27N3O4S. The predicted molar refractivity (Wildman–Crippen MR) is 116 cm³/mol. The van der Waals surface area contributed by atoms with Gasteiger partial charge in [-0.25, -0.2) is 8.42 Å². The molecule has 0 aromatic heterocycles. The summed E-state index contributed by atoms with van der Waals surface area (Å²) in [5.41, 5.74) is 3.68. The molecule has 1 fully saturated rings. The normalized spacial score (nSPS) is 20.4. The molecule has 1 atom stereocenters. The Balaban J connectivity index is 1.56. The number of nitrogens with zero attached hydrogens (tertiary/aromatic N) is 3. The molecule has 2 heterocycles. The van der Waals surface area contributed by atoms with Gasteiger partial charge in [-0.1, -0.05) is 18.2 Å². The van der Waals surface area contributed by atoms with Crippen LogP contribution in [0.1, 0.15) is 36.5 Å². The molecule has 1 saturated heterocycles. The third kappa shape index (κ3) is 3.48. The first-order chi connectivity index (χ1) is 14.2. The van der Waals surface area contributed by atoms with Crippen molar-refractivity contribution in [3.8, 4) is 0 Å². The van der Waals surface area contributed by atoms with Crippen molar-refractivity contribution in [2.24, 2.45) is 0 Å². The standard InChI is InChI=1S/C22H27N3O4S/c1-15-12-21(25(26)27)22(13-16(15)2)30(28,29)23-10-8-19(9-11-23)24-17(3)14-18-6-4-5-7-20(18)24/h4-7,12-13,17,19H,8-11,14H2,1-3H3. The van der Waals surface area contributed by atoms with Gasteiger partial charge in [0.05, 0.1) is 4.92 Å². The van der Waals surface area contributed by atoms with Crippen LogP contribution in [0.25, 0.3) is 0 Å². The van der Waals surface area contributed by atoms with Gasteiger partial charge in [0.15, 0.2) is 4.90 Å². The van der Waals surface area contributed by atoms with Gasteiger partial charge in [0, 0.05) is 36.9 Å². The average Bonchev–Trinajstić information content (AvgIpc) is 3.05. The highest BCUT2D eigenvalue weighted by Crippen LogP contribution is 2.37. The molecule has 2 aromatic rings. The third-order valence-corrected chi connectivity index (χ3v) is 8.39. The van der Waals surface area contributed by atoms with E-state index in [1.54, 1.807) is 13.8 Å². The molecule has 8 heteroatoms. The maximum absolute atomic E-state index is 13.3. The molecule has 0 spiro atoms. The van der Waals surface area contributed by atoms with E-state index in [2.05, 4.69) is 30.0 Å². The minimum atomic E-state index is -3.92. The number of aryl methyl sites for hydroxylation is 2. The van der Waals surface area contributed by atoms with E-state index in [-0.39, 0.29) is 16.6 Å². The number of fused-ring (bicyclic) bond motifs is 1. The monoisotopic (exact) mass is 429 g/mol. The summed E-state index contributed by atoms with van der Waals surface area (Å²) in [5.74, 6) is 0. The van der Waals surface area contributed by atoms with E-state index < -0.39 is 14.9 Å². The topological polar surface area (TPSA) is 83.8 Å². The zero-order valence-corrected chi connectivity index (χ0v) is 18.4. The molecular weight excluding hydrogens is 402 g/mol. The van der Waals surface area contributed by atoms with Gasteiger partial charge in [0.2, 0.25) is 10.0 Å². The maximum atomic E-state index is 13.3. The minimum absolute atomic E-state index is 0.200. The second-order valence-corrected chi connectivity index (χ2v) is 10.3. The van der Waals surface area contributed by atoms with Crippen molar-refractivity contribution in [3.05, 3.63) is 63.2 Å². The molecule has 0 amide bonds. The lowest BCUT2D eigenvalue weighted by molar-refractivity contribution is -0.387. The van der Waals surface area contributed by atoms with Crippen LogP contribution < -0.4 is 4.90 Å². The van der Waals surface area contributed by atoms with Crippen LogP contribution in [0, 0.1) is 24.0 Å². The maximum Gasteiger partial charge on any atom is 0.289 e. The van der Waals surface area contributed by atoms with Crippen molar-refractivity contribution in [2.75, 3.05) is 18.0 Å². The fraction of sp³-hybridized carbons (Fsp3) is 0.455. The molecule has 160 valence electrons. The lowest BCUT2D eigenvalue weighted by Crippen LogP contribution is -2.48. The summed E-state index contributed by atoms with van der Waals surface area (Å²) >= 11 is 0. The van der Waals surface area contributed by atoms with Crippen LogP contribution in [0.3, 0.4) is 0 Å². The number of sulfonamides is 1. The highest BCUT2D eigenvalue weighted by atomic mass is 32.2. The van der Waals surface area contributed by atoms with Crippen LogP contribution in [0.5, 0.6) is 0 Å². The van der Waals surface area contributed by atoms with Gasteiger partial charge < -0.3 is 4.90 Å². The van der Waals surface area contributed by atoms with Crippen LogP contribution in [-0.4, -0.2) is 42.8 Å². The van der Waals surface area contributed by atoms with Crippen molar-refractivity contribution in [1.82, 2.24) is 4.31 Å². The fourth-order valence-electron chi connectivity index (χ4n) is 4.77. The van der Waals surface area contributed by atoms with Gasteiger partial charge in [-0.05, 0) is 68.9 Å². The smallest absolute Gasteiger partial charge is 0.289 e. The molecule has 0 N–H and O–H groups in total. The summed E-state index contributed by atoms with van der Waals surface area (Å²) in [6.07, 6.45) is 2.41. The molecule has 30 heavy (non-hydrogen) atoms. The van der Waals surface area contributed by atoms with Crippen molar-refractivity contribution in [2.45, 2.75) is 57.0 Å². The Morgan fingerprint density at radius 1 is 1.07 bits per heavy atom. The van der Waals surface area contributed by atoms with Gasteiger partial charge in [-0.15, -0.1) is 0 Å². The van der Waals surface area contributed by atoms with E-state index >= 15 is 0 Å². The Labute approximate surface area is 177 Å². The molecule has 4 rings (SSSR count). The molecule has 2 aliphatic heterocycles. The summed E-state index contributed by atoms with van der Waals surface area (Å²) in [7, 11) is -3.92. The van der Waals surface area contributed by atoms with E-state index in [0.29, 0.717) is 37.5 Å². The summed E-state index contributed by atoms with van der Waals surface area (Å²) in [4.78, 5) is 13.1. The molecule has 2 aromatic carbocycles. The SMILES string of the molecule is Cc1cc([N+](=O)[O-])c(S(=O)(=O)N2CCC(N3c4ccccc4CC3C)CC2)cc1C. The largest absolute Gasteiger partial charge is 0.365 e. The Bertz CT molecular complexity index is 1090. The number of para-hydroxylation sites is 1. The van der Waals surface area contributed by atoms with Crippen molar-refractivity contribution in [1.29, 1.82) is 0 Å². The van der Waals surface area contributed by atoms with Crippen molar-refractivity contribution >= 4 is 21.4 Å².